The third kappa shape index (κ3) is 3.08. The average molecular weight is 281 g/mol. The summed E-state index contributed by atoms with van der Waals surface area (Å²) >= 11 is 0. The number of carbonyl (C=O) groups excluding carboxylic acids is 1. The van der Waals surface area contributed by atoms with E-state index in [1.807, 2.05) is 24.3 Å². The first-order valence-electron chi connectivity index (χ1n) is 6.33. The number of amides is 1. The van der Waals surface area contributed by atoms with E-state index < -0.39 is 0 Å². The van der Waals surface area contributed by atoms with Gasteiger partial charge in [-0.15, -0.1) is 12.4 Å². The van der Waals surface area contributed by atoms with Gasteiger partial charge < -0.3 is 15.1 Å². The maximum absolute atomic E-state index is 11.9. The fourth-order valence-electron chi connectivity index (χ4n) is 2.33. The molecule has 1 aromatic heterocycles. The largest absolute Gasteiger partial charge is 0.451 e. The Morgan fingerprint density at radius 3 is 3.00 bits per heavy atom. The number of halogens is 1. The van der Waals surface area contributed by atoms with Crippen molar-refractivity contribution in [2.45, 2.75) is 18.9 Å². The number of hydrogen-bond donors (Lipinski definition) is 2. The second-order valence-electron chi connectivity index (χ2n) is 4.65. The first-order valence-corrected chi connectivity index (χ1v) is 6.33. The van der Waals surface area contributed by atoms with Crippen molar-refractivity contribution < 1.29 is 9.21 Å². The van der Waals surface area contributed by atoms with Gasteiger partial charge in [0.25, 0.3) is 5.91 Å². The Balaban J connectivity index is 0.00000133. The predicted octanol–water partition coefficient (Wildman–Crippen LogP) is 2.34. The molecular weight excluding hydrogens is 264 g/mol. The predicted molar refractivity (Wildman–Crippen MR) is 76.8 cm³/mol. The van der Waals surface area contributed by atoms with Crippen LogP contribution in [-0.4, -0.2) is 25.0 Å². The van der Waals surface area contributed by atoms with E-state index >= 15 is 0 Å². The zero-order chi connectivity index (χ0) is 12.4. The van der Waals surface area contributed by atoms with Crippen LogP contribution in [0.15, 0.2) is 34.7 Å². The van der Waals surface area contributed by atoms with Gasteiger partial charge in [-0.3, -0.25) is 4.79 Å². The molecule has 0 saturated carbocycles. The van der Waals surface area contributed by atoms with Gasteiger partial charge >= 0.3 is 0 Å². The van der Waals surface area contributed by atoms with Crippen molar-refractivity contribution in [2.75, 3.05) is 13.1 Å². The Labute approximate surface area is 118 Å². The molecule has 2 heterocycles. The third-order valence-electron chi connectivity index (χ3n) is 3.32. The third-order valence-corrected chi connectivity index (χ3v) is 3.32. The summed E-state index contributed by atoms with van der Waals surface area (Å²) in [5.41, 5.74) is 0.752. The minimum atomic E-state index is -0.139. The zero-order valence-electron chi connectivity index (χ0n) is 10.5. The van der Waals surface area contributed by atoms with Gasteiger partial charge in [0.2, 0.25) is 0 Å². The quantitative estimate of drug-likeness (QED) is 0.907. The summed E-state index contributed by atoms with van der Waals surface area (Å²) in [4.78, 5) is 11.9. The van der Waals surface area contributed by atoms with Gasteiger partial charge in [0.05, 0.1) is 0 Å². The summed E-state index contributed by atoms with van der Waals surface area (Å²) < 4.78 is 5.51. The van der Waals surface area contributed by atoms with Crippen molar-refractivity contribution in [1.29, 1.82) is 0 Å². The van der Waals surface area contributed by atoms with E-state index in [4.69, 9.17) is 4.42 Å². The number of furan rings is 1. The molecule has 4 nitrogen and oxygen atoms in total. The maximum Gasteiger partial charge on any atom is 0.287 e. The normalized spacial score (nSPS) is 18.2. The summed E-state index contributed by atoms with van der Waals surface area (Å²) in [5, 5.41) is 7.21. The Hall–Kier alpha value is -1.52. The minimum absolute atomic E-state index is 0. The molecule has 3 rings (SSSR count). The molecule has 1 atom stereocenters. The van der Waals surface area contributed by atoms with Crippen molar-refractivity contribution >= 4 is 29.3 Å². The van der Waals surface area contributed by atoms with E-state index in [-0.39, 0.29) is 18.3 Å². The Morgan fingerprint density at radius 1 is 1.42 bits per heavy atom. The number of para-hydroxylation sites is 1. The van der Waals surface area contributed by atoms with Crippen LogP contribution in [-0.2, 0) is 0 Å². The number of hydrogen-bond acceptors (Lipinski definition) is 3. The molecule has 1 amide bonds. The number of rotatable bonds is 3. The molecule has 2 N–H and O–H groups in total. The van der Waals surface area contributed by atoms with Crippen LogP contribution in [0.4, 0.5) is 0 Å². The molecule has 2 aromatic rings. The fourth-order valence-corrected chi connectivity index (χ4v) is 2.33. The SMILES string of the molecule is Cl.O=C(NCC1CCCN1)c1cc2ccccc2o1. The molecule has 1 unspecified atom stereocenters. The number of nitrogens with one attached hydrogen (secondary N) is 2. The van der Waals surface area contributed by atoms with E-state index in [1.54, 1.807) is 6.07 Å². The lowest BCUT2D eigenvalue weighted by Gasteiger charge is -2.10. The van der Waals surface area contributed by atoms with Crippen LogP contribution in [0.2, 0.25) is 0 Å². The van der Waals surface area contributed by atoms with Gasteiger partial charge in [-0.05, 0) is 31.5 Å². The summed E-state index contributed by atoms with van der Waals surface area (Å²) in [6.45, 7) is 1.71. The van der Waals surface area contributed by atoms with Gasteiger partial charge in [-0.1, -0.05) is 18.2 Å². The van der Waals surface area contributed by atoms with Crippen molar-refractivity contribution in [3.8, 4) is 0 Å². The van der Waals surface area contributed by atoms with Gasteiger partial charge in [-0.2, -0.15) is 0 Å². The molecule has 0 bridgehead atoms. The van der Waals surface area contributed by atoms with E-state index in [1.165, 1.54) is 6.42 Å². The molecular formula is C14H17ClN2O2. The molecule has 0 aliphatic carbocycles. The van der Waals surface area contributed by atoms with Crippen LogP contribution in [0.3, 0.4) is 0 Å². The van der Waals surface area contributed by atoms with Crippen LogP contribution in [0.1, 0.15) is 23.4 Å². The lowest BCUT2D eigenvalue weighted by molar-refractivity contribution is 0.0925. The molecule has 1 fully saturated rings. The first-order chi connectivity index (χ1) is 8.83. The number of fused-ring (bicyclic) bond motifs is 1. The molecule has 1 aliphatic heterocycles. The average Bonchev–Trinajstić information content (AvgIpc) is 3.04. The van der Waals surface area contributed by atoms with Gasteiger partial charge in [0.15, 0.2) is 5.76 Å². The van der Waals surface area contributed by atoms with Crippen LogP contribution < -0.4 is 10.6 Å². The number of benzene rings is 1. The number of carbonyl (C=O) groups is 1. The van der Waals surface area contributed by atoms with Crippen LogP contribution in [0, 0.1) is 0 Å². The highest BCUT2D eigenvalue weighted by Crippen LogP contribution is 2.18. The second-order valence-corrected chi connectivity index (χ2v) is 4.65. The highest BCUT2D eigenvalue weighted by atomic mass is 35.5. The molecule has 1 saturated heterocycles. The second kappa shape index (κ2) is 6.08. The molecule has 19 heavy (non-hydrogen) atoms. The topological polar surface area (TPSA) is 54.3 Å². The molecule has 102 valence electrons. The lowest BCUT2D eigenvalue weighted by Crippen LogP contribution is -2.36. The van der Waals surface area contributed by atoms with Crippen molar-refractivity contribution in [3.63, 3.8) is 0 Å². The summed E-state index contributed by atoms with van der Waals surface area (Å²) in [5.74, 6) is 0.245. The molecule has 1 aliphatic rings. The summed E-state index contributed by atoms with van der Waals surface area (Å²) in [6, 6.07) is 9.82. The van der Waals surface area contributed by atoms with E-state index in [2.05, 4.69) is 10.6 Å². The van der Waals surface area contributed by atoms with Crippen molar-refractivity contribution in [3.05, 3.63) is 36.1 Å². The van der Waals surface area contributed by atoms with Crippen LogP contribution >= 0.6 is 12.4 Å². The van der Waals surface area contributed by atoms with Gasteiger partial charge in [0.1, 0.15) is 5.58 Å². The fraction of sp³-hybridized carbons (Fsp3) is 0.357. The molecule has 0 spiro atoms. The molecule has 1 aromatic carbocycles. The Kier molecular flexibility index (Phi) is 4.45. The first kappa shape index (κ1) is 13.9. The smallest absolute Gasteiger partial charge is 0.287 e. The van der Waals surface area contributed by atoms with E-state index in [0.717, 1.165) is 23.9 Å². The zero-order valence-corrected chi connectivity index (χ0v) is 11.3. The van der Waals surface area contributed by atoms with Gasteiger partial charge in [0, 0.05) is 18.0 Å². The minimum Gasteiger partial charge on any atom is -0.451 e. The highest BCUT2D eigenvalue weighted by Gasteiger charge is 2.17. The monoisotopic (exact) mass is 280 g/mol. The lowest BCUT2D eigenvalue weighted by atomic mass is 10.2. The molecule has 0 radical (unpaired) electrons. The standard InChI is InChI=1S/C14H16N2O2.ClH/c17-14(16-9-11-5-3-7-15-11)13-8-10-4-1-2-6-12(10)18-13;/h1-2,4,6,8,11,15H,3,5,7,9H2,(H,16,17);1H. The molecule has 5 heteroatoms. The van der Waals surface area contributed by atoms with E-state index in [0.29, 0.717) is 18.3 Å². The van der Waals surface area contributed by atoms with E-state index in [9.17, 15) is 4.79 Å². The maximum atomic E-state index is 11.9. The highest BCUT2D eigenvalue weighted by molar-refractivity contribution is 5.96. The summed E-state index contributed by atoms with van der Waals surface area (Å²) in [6.07, 6.45) is 2.31. The van der Waals surface area contributed by atoms with Crippen LogP contribution in [0.5, 0.6) is 0 Å². The summed E-state index contributed by atoms with van der Waals surface area (Å²) in [7, 11) is 0. The van der Waals surface area contributed by atoms with Gasteiger partial charge in [-0.25, -0.2) is 0 Å². The van der Waals surface area contributed by atoms with Crippen molar-refractivity contribution in [1.82, 2.24) is 10.6 Å². The van der Waals surface area contributed by atoms with Crippen molar-refractivity contribution in [2.24, 2.45) is 0 Å². The van der Waals surface area contributed by atoms with Crippen LogP contribution in [0.25, 0.3) is 11.0 Å². The Morgan fingerprint density at radius 2 is 2.26 bits per heavy atom. The Bertz CT molecular complexity index is 528.